The Morgan fingerprint density at radius 2 is 1.29 bits per heavy atom. The van der Waals surface area contributed by atoms with Gasteiger partial charge in [-0.3, -0.25) is 4.98 Å². The van der Waals surface area contributed by atoms with Gasteiger partial charge in [0.05, 0.1) is 29.2 Å². The molecule has 3 aromatic heterocycles. The Labute approximate surface area is 315 Å². The summed E-state index contributed by atoms with van der Waals surface area (Å²) >= 11 is 0. The van der Waals surface area contributed by atoms with Crippen LogP contribution in [0.1, 0.15) is 132 Å². The summed E-state index contributed by atoms with van der Waals surface area (Å²) in [6.45, 7) is 17.9. The van der Waals surface area contributed by atoms with E-state index >= 15 is 0 Å². The summed E-state index contributed by atoms with van der Waals surface area (Å²) in [7, 11) is 0. The van der Waals surface area contributed by atoms with Gasteiger partial charge >= 0.3 is 25.4 Å². The van der Waals surface area contributed by atoms with Gasteiger partial charge in [-0.25, -0.2) is 9.78 Å². The van der Waals surface area contributed by atoms with E-state index in [1.807, 2.05) is 0 Å². The van der Waals surface area contributed by atoms with Crippen molar-refractivity contribution in [1.82, 2.24) is 19.9 Å². The van der Waals surface area contributed by atoms with E-state index in [4.69, 9.17) is 24.7 Å². The number of ether oxygens (including phenoxy) is 1. The Bertz CT molecular complexity index is 2150. The number of aliphatic carboxylic acids is 1. The molecule has 0 radical (unpaired) electrons. The summed E-state index contributed by atoms with van der Waals surface area (Å²) in [6.07, 6.45) is 7.66. The fourth-order valence-electron chi connectivity index (χ4n) is 8.78. The van der Waals surface area contributed by atoms with Crippen molar-refractivity contribution in [1.29, 1.82) is 0 Å². The standard InChI is InChI=1S/C43H53N4O3.Zn/c1-9-26-27(10-2)35-22-36-30(13-5)31(14-6)41(46-36)32-18-17-25(19-20-50-24-39(48)49)40-42(32)47-38(43(40,15-7)16-8)23-37-29(12-4)28(11-3)34(45-37)21-33(26)44-35;/h17-18,21-23H,9-16,19-20,24H2,1-8H3,(H2-,44,45,46,47,48,49);/q-1;+2/p-1. The number of fused-ring (bicyclic) bond motifs is 8. The van der Waals surface area contributed by atoms with E-state index in [1.54, 1.807) is 0 Å². The van der Waals surface area contributed by atoms with E-state index in [0.29, 0.717) is 13.0 Å². The van der Waals surface area contributed by atoms with Crippen LogP contribution in [0.4, 0.5) is 0 Å². The third kappa shape index (κ3) is 6.52. The van der Waals surface area contributed by atoms with Crippen LogP contribution < -0.4 is 9.97 Å². The summed E-state index contributed by atoms with van der Waals surface area (Å²) in [4.78, 5) is 32.9. The van der Waals surface area contributed by atoms with Crippen LogP contribution in [0.15, 0.2) is 30.3 Å². The van der Waals surface area contributed by atoms with Gasteiger partial charge in [0.25, 0.3) is 0 Å². The zero-order valence-corrected chi connectivity index (χ0v) is 34.9. The first-order chi connectivity index (χ1) is 24.2. The van der Waals surface area contributed by atoms with Crippen LogP contribution in [0.5, 0.6) is 0 Å². The van der Waals surface area contributed by atoms with E-state index in [2.05, 4.69) is 85.7 Å². The number of carboxylic acids is 1. The van der Waals surface area contributed by atoms with Crippen molar-refractivity contribution < 1.29 is 34.1 Å². The number of carbonyl (C=O) groups is 1. The van der Waals surface area contributed by atoms with Crippen LogP contribution in [0, 0.1) is 0 Å². The van der Waals surface area contributed by atoms with Gasteiger partial charge in [0.1, 0.15) is 6.61 Å². The molecule has 8 bridgehead atoms. The second-order valence-electron chi connectivity index (χ2n) is 13.5. The first kappa shape index (κ1) is 38.6. The number of carboxylic acid groups (broad SMARTS) is 1. The number of nitrogens with zero attached hydrogens (tertiary/aromatic N) is 4. The Balaban J connectivity index is 0.00000504. The van der Waals surface area contributed by atoms with Gasteiger partial charge in [-0.1, -0.05) is 102 Å². The molecule has 1 aromatic carbocycles. The molecule has 4 aromatic rings. The molecular weight excluding hydrogens is 686 g/mol. The smallest absolute Gasteiger partial charge is 0.657 e. The Kier molecular flexibility index (Phi) is 12.1. The number of aromatic nitrogens is 4. The molecular formula is C43H52N4O3Zn. The van der Waals surface area contributed by atoms with Gasteiger partial charge in [0.15, 0.2) is 0 Å². The zero-order chi connectivity index (χ0) is 35.7. The predicted octanol–water partition coefficient (Wildman–Crippen LogP) is 9.45. The average molecular weight is 738 g/mol. The Hall–Kier alpha value is -3.61. The van der Waals surface area contributed by atoms with Crippen LogP contribution in [0.3, 0.4) is 0 Å². The molecule has 0 amide bonds. The summed E-state index contributed by atoms with van der Waals surface area (Å²) < 4.78 is 5.57. The fourth-order valence-corrected chi connectivity index (χ4v) is 8.78. The number of aryl methyl sites for hydroxylation is 4. The minimum Gasteiger partial charge on any atom is -0.657 e. The molecule has 0 fully saturated rings. The first-order valence-corrected chi connectivity index (χ1v) is 18.9. The van der Waals surface area contributed by atoms with E-state index in [-0.39, 0.29) is 31.5 Å². The summed E-state index contributed by atoms with van der Waals surface area (Å²) in [5.74, 6) is -0.957. The van der Waals surface area contributed by atoms with Crippen LogP contribution in [0.25, 0.3) is 44.1 Å². The van der Waals surface area contributed by atoms with Crippen LogP contribution >= 0.6 is 0 Å². The van der Waals surface area contributed by atoms with E-state index in [9.17, 15) is 9.90 Å². The molecule has 0 aliphatic carbocycles. The molecule has 0 unspecified atom stereocenters. The summed E-state index contributed by atoms with van der Waals surface area (Å²) in [5, 5.41) is 10.3. The molecule has 0 saturated carbocycles. The molecule has 0 spiro atoms. The molecule has 51 heavy (non-hydrogen) atoms. The third-order valence-electron chi connectivity index (χ3n) is 11.2. The first-order valence-electron chi connectivity index (χ1n) is 18.9. The minimum absolute atomic E-state index is 0. The largest absolute Gasteiger partial charge is 2.00 e. The second kappa shape index (κ2) is 16.0. The zero-order valence-electron chi connectivity index (χ0n) is 31.9. The molecule has 5 heterocycles. The number of hydrogen-bond donors (Lipinski definition) is 1. The van der Waals surface area contributed by atoms with Crippen molar-refractivity contribution in [2.45, 2.75) is 119 Å². The summed E-state index contributed by atoms with van der Waals surface area (Å²) in [6, 6.07) is 11.1. The Morgan fingerprint density at radius 1 is 0.725 bits per heavy atom. The fraction of sp³-hybridized carbons (Fsp3) is 0.465. The molecule has 7 nitrogen and oxygen atoms in total. The van der Waals surface area contributed by atoms with Crippen molar-refractivity contribution in [3.05, 3.63) is 80.8 Å². The molecule has 0 saturated heterocycles. The molecule has 264 valence electrons. The van der Waals surface area contributed by atoms with Crippen LogP contribution in [-0.4, -0.2) is 34.3 Å². The van der Waals surface area contributed by atoms with Crippen molar-refractivity contribution >= 4 is 50.1 Å². The summed E-state index contributed by atoms with van der Waals surface area (Å²) in [5.41, 5.74) is 17.8. The third-order valence-corrected chi connectivity index (χ3v) is 11.2. The van der Waals surface area contributed by atoms with E-state index < -0.39 is 5.97 Å². The van der Waals surface area contributed by atoms with E-state index in [0.717, 1.165) is 107 Å². The molecule has 1 N–H and O–H groups in total. The maximum absolute atomic E-state index is 11.2. The second-order valence-corrected chi connectivity index (χ2v) is 13.5. The van der Waals surface area contributed by atoms with Gasteiger partial charge < -0.3 is 19.8 Å². The number of rotatable bonds is 13. The van der Waals surface area contributed by atoms with Crippen LogP contribution in [0.2, 0.25) is 0 Å². The van der Waals surface area contributed by atoms with Gasteiger partial charge in [-0.15, -0.1) is 22.1 Å². The molecule has 0 atom stereocenters. The van der Waals surface area contributed by atoms with Crippen molar-refractivity contribution in [2.75, 3.05) is 13.2 Å². The van der Waals surface area contributed by atoms with Gasteiger partial charge in [0, 0.05) is 5.41 Å². The quantitative estimate of drug-likeness (QED) is 0.108. The number of hydrogen-bond acceptors (Lipinski definition) is 4. The molecule has 6 rings (SSSR count). The molecule has 2 aliphatic rings. The monoisotopic (exact) mass is 736 g/mol. The van der Waals surface area contributed by atoms with Crippen molar-refractivity contribution in [3.63, 3.8) is 0 Å². The number of allylic oxidation sites excluding steroid dienone is 2. The van der Waals surface area contributed by atoms with Gasteiger partial charge in [-0.05, 0) is 91.5 Å². The van der Waals surface area contributed by atoms with Crippen molar-refractivity contribution in [3.8, 4) is 0 Å². The van der Waals surface area contributed by atoms with E-state index in [1.165, 1.54) is 39.0 Å². The maximum Gasteiger partial charge on any atom is 2.00 e. The minimum atomic E-state index is -0.957. The molecule has 2 aliphatic heterocycles. The Morgan fingerprint density at radius 3 is 1.86 bits per heavy atom. The SMILES string of the molecule is CCC1=C(CC)c2cc3[n-]c(cc4[n-]c(c(CC)c4CC)c4ccc(CCOCC(=O)O)c5c4nc(cc1n2)C5(CC)CC)c(CC)c3CC.[Zn+2]. The maximum atomic E-state index is 11.2. The molecule has 8 heteroatoms. The number of benzene rings is 1. The van der Waals surface area contributed by atoms with Gasteiger partial charge in [-0.2, -0.15) is 0 Å². The van der Waals surface area contributed by atoms with Crippen molar-refractivity contribution in [2.24, 2.45) is 0 Å². The average Bonchev–Trinajstić information content (AvgIpc) is 3.84. The van der Waals surface area contributed by atoms with Crippen LogP contribution in [-0.2, 0) is 66.5 Å². The normalized spacial score (nSPS) is 13.7. The van der Waals surface area contributed by atoms with Gasteiger partial charge in [0.2, 0.25) is 0 Å². The topological polar surface area (TPSA) is 101 Å². The predicted molar refractivity (Wildman–Crippen MR) is 205 cm³/mol.